The number of nitrogens with one attached hydrogen (secondary N) is 1. The number of morpholine rings is 1. The lowest BCUT2D eigenvalue weighted by Gasteiger charge is -2.37. The van der Waals surface area contributed by atoms with Crippen molar-refractivity contribution in [2.75, 3.05) is 26.2 Å². The Balaban J connectivity index is 0.00000147. The maximum Gasteiger partial charge on any atom is 0.227 e. The van der Waals surface area contributed by atoms with Crippen LogP contribution in [0.2, 0.25) is 0 Å². The minimum absolute atomic E-state index is 0. The van der Waals surface area contributed by atoms with Crippen LogP contribution in [-0.4, -0.2) is 43.1 Å². The Morgan fingerprint density at radius 3 is 3.00 bits per heavy atom. The van der Waals surface area contributed by atoms with Gasteiger partial charge in [-0.15, -0.1) is 12.4 Å². The highest BCUT2D eigenvalue weighted by molar-refractivity contribution is 7.07. The van der Waals surface area contributed by atoms with Crippen LogP contribution in [0.25, 0.3) is 0 Å². The topological polar surface area (TPSA) is 41.6 Å². The molecule has 0 bridgehead atoms. The van der Waals surface area contributed by atoms with E-state index in [0.29, 0.717) is 12.5 Å². The standard InChI is InChI=1S/C14H20N2O2S.ClH/c1-10-7-16(14(17)11-2-4-15-6-11)8-13(18-10)12-3-5-19-9-12;/h3,5,9-11,13,15H,2,4,6-8H2,1H3;1H. The van der Waals surface area contributed by atoms with E-state index < -0.39 is 0 Å². The van der Waals surface area contributed by atoms with Crippen LogP contribution in [-0.2, 0) is 9.53 Å². The van der Waals surface area contributed by atoms with Crippen molar-refractivity contribution in [2.24, 2.45) is 5.92 Å². The second-order valence-electron chi connectivity index (χ2n) is 5.42. The monoisotopic (exact) mass is 316 g/mol. The molecule has 4 nitrogen and oxygen atoms in total. The molecule has 2 fully saturated rings. The molecule has 1 aromatic heterocycles. The molecule has 1 aromatic rings. The van der Waals surface area contributed by atoms with Gasteiger partial charge in [-0.05, 0) is 42.3 Å². The molecule has 3 rings (SSSR count). The molecule has 6 heteroatoms. The van der Waals surface area contributed by atoms with Crippen molar-refractivity contribution in [1.82, 2.24) is 10.2 Å². The summed E-state index contributed by atoms with van der Waals surface area (Å²) >= 11 is 1.68. The average molecular weight is 317 g/mol. The maximum absolute atomic E-state index is 12.5. The highest BCUT2D eigenvalue weighted by Gasteiger charge is 2.33. The maximum atomic E-state index is 12.5. The molecule has 2 aliphatic heterocycles. The molecule has 2 aliphatic rings. The first-order valence-electron chi connectivity index (χ1n) is 6.91. The Hall–Kier alpha value is -0.620. The highest BCUT2D eigenvalue weighted by atomic mass is 35.5. The van der Waals surface area contributed by atoms with Gasteiger partial charge >= 0.3 is 0 Å². The van der Waals surface area contributed by atoms with Gasteiger partial charge in [0.1, 0.15) is 6.10 Å². The molecule has 1 N–H and O–H groups in total. The number of ether oxygens (including phenoxy) is 1. The smallest absolute Gasteiger partial charge is 0.227 e. The lowest BCUT2D eigenvalue weighted by atomic mass is 10.0. The number of carbonyl (C=O) groups excluding carboxylic acids is 1. The molecule has 0 saturated carbocycles. The lowest BCUT2D eigenvalue weighted by molar-refractivity contribution is -0.148. The molecular weight excluding hydrogens is 296 g/mol. The van der Waals surface area contributed by atoms with Crippen LogP contribution in [0, 0.1) is 5.92 Å². The van der Waals surface area contributed by atoms with Crippen molar-refractivity contribution in [3.05, 3.63) is 22.4 Å². The molecule has 0 radical (unpaired) electrons. The number of amides is 1. The molecule has 1 amide bonds. The van der Waals surface area contributed by atoms with Crippen LogP contribution < -0.4 is 5.32 Å². The zero-order chi connectivity index (χ0) is 13.2. The van der Waals surface area contributed by atoms with Gasteiger partial charge in [0.15, 0.2) is 0 Å². The summed E-state index contributed by atoms with van der Waals surface area (Å²) in [6.45, 7) is 5.25. The summed E-state index contributed by atoms with van der Waals surface area (Å²) in [5.41, 5.74) is 1.19. The van der Waals surface area contributed by atoms with Gasteiger partial charge in [-0.1, -0.05) is 0 Å². The van der Waals surface area contributed by atoms with Crippen molar-refractivity contribution in [3.8, 4) is 0 Å². The zero-order valence-electron chi connectivity index (χ0n) is 11.6. The quantitative estimate of drug-likeness (QED) is 0.908. The van der Waals surface area contributed by atoms with E-state index in [1.807, 2.05) is 11.8 Å². The van der Waals surface area contributed by atoms with Gasteiger partial charge in [0.05, 0.1) is 18.6 Å². The van der Waals surface area contributed by atoms with Gasteiger partial charge in [0.2, 0.25) is 5.91 Å². The van der Waals surface area contributed by atoms with E-state index in [4.69, 9.17) is 4.74 Å². The summed E-state index contributed by atoms with van der Waals surface area (Å²) in [5.74, 6) is 0.453. The fraction of sp³-hybridized carbons (Fsp3) is 0.643. The number of hydrogen-bond donors (Lipinski definition) is 1. The predicted octanol–water partition coefficient (Wildman–Crippen LogP) is 2.07. The predicted molar refractivity (Wildman–Crippen MR) is 82.4 cm³/mol. The fourth-order valence-corrected chi connectivity index (χ4v) is 3.60. The van der Waals surface area contributed by atoms with E-state index in [0.717, 1.165) is 26.1 Å². The van der Waals surface area contributed by atoms with Crippen molar-refractivity contribution in [1.29, 1.82) is 0 Å². The third-order valence-electron chi connectivity index (χ3n) is 3.90. The number of hydrogen-bond acceptors (Lipinski definition) is 4. The van der Waals surface area contributed by atoms with Gasteiger partial charge < -0.3 is 15.0 Å². The van der Waals surface area contributed by atoms with Crippen LogP contribution in [0.3, 0.4) is 0 Å². The molecule has 20 heavy (non-hydrogen) atoms. The summed E-state index contributed by atoms with van der Waals surface area (Å²) in [7, 11) is 0. The van der Waals surface area contributed by atoms with Crippen LogP contribution >= 0.6 is 23.7 Å². The Morgan fingerprint density at radius 1 is 1.50 bits per heavy atom. The lowest BCUT2D eigenvalue weighted by Crippen LogP contribution is -2.48. The van der Waals surface area contributed by atoms with Gasteiger partial charge in [-0.25, -0.2) is 0 Å². The van der Waals surface area contributed by atoms with E-state index in [9.17, 15) is 4.79 Å². The fourth-order valence-electron chi connectivity index (χ4n) is 2.90. The Kier molecular flexibility index (Phi) is 5.43. The van der Waals surface area contributed by atoms with E-state index in [2.05, 4.69) is 22.1 Å². The van der Waals surface area contributed by atoms with Gasteiger partial charge in [-0.2, -0.15) is 11.3 Å². The van der Waals surface area contributed by atoms with E-state index in [-0.39, 0.29) is 30.5 Å². The highest BCUT2D eigenvalue weighted by Crippen LogP contribution is 2.28. The van der Waals surface area contributed by atoms with Crippen molar-refractivity contribution in [3.63, 3.8) is 0 Å². The summed E-state index contributed by atoms with van der Waals surface area (Å²) in [6.07, 6.45) is 1.11. The van der Waals surface area contributed by atoms with E-state index in [1.165, 1.54) is 5.56 Å². The number of nitrogens with zero attached hydrogens (tertiary/aromatic N) is 1. The van der Waals surface area contributed by atoms with Crippen molar-refractivity contribution in [2.45, 2.75) is 25.6 Å². The van der Waals surface area contributed by atoms with E-state index in [1.54, 1.807) is 11.3 Å². The summed E-state index contributed by atoms with van der Waals surface area (Å²) in [5, 5.41) is 7.44. The number of carbonyl (C=O) groups is 1. The molecule has 3 atom stereocenters. The number of rotatable bonds is 2. The van der Waals surface area contributed by atoms with Gasteiger partial charge in [0.25, 0.3) is 0 Å². The third-order valence-corrected chi connectivity index (χ3v) is 4.60. The molecule has 112 valence electrons. The average Bonchev–Trinajstić information content (AvgIpc) is 3.10. The first-order valence-corrected chi connectivity index (χ1v) is 7.85. The Labute approximate surface area is 129 Å². The first kappa shape index (κ1) is 15.8. The number of halogens is 1. The SMILES string of the molecule is CC1CN(C(=O)C2CCNC2)CC(c2ccsc2)O1.Cl. The minimum atomic E-state index is 0. The second-order valence-corrected chi connectivity index (χ2v) is 6.21. The van der Waals surface area contributed by atoms with E-state index >= 15 is 0 Å². The van der Waals surface area contributed by atoms with Crippen LogP contribution in [0.15, 0.2) is 16.8 Å². The molecule has 0 spiro atoms. The van der Waals surface area contributed by atoms with Crippen molar-refractivity contribution >= 4 is 29.7 Å². The Bertz CT molecular complexity index is 434. The molecule has 0 aliphatic carbocycles. The largest absolute Gasteiger partial charge is 0.367 e. The van der Waals surface area contributed by atoms with Crippen LogP contribution in [0.1, 0.15) is 25.0 Å². The van der Waals surface area contributed by atoms with Crippen LogP contribution in [0.4, 0.5) is 0 Å². The normalized spacial score (nSPS) is 30.1. The van der Waals surface area contributed by atoms with Crippen molar-refractivity contribution < 1.29 is 9.53 Å². The molecule has 0 aromatic carbocycles. The number of thiophene rings is 1. The molecular formula is C14H21ClN2O2S. The van der Waals surface area contributed by atoms with Gasteiger partial charge in [0, 0.05) is 13.1 Å². The Morgan fingerprint density at radius 2 is 2.35 bits per heavy atom. The molecule has 3 heterocycles. The molecule has 2 saturated heterocycles. The summed E-state index contributed by atoms with van der Waals surface area (Å²) in [6, 6.07) is 2.09. The van der Waals surface area contributed by atoms with Crippen LogP contribution in [0.5, 0.6) is 0 Å². The molecule has 3 unspecified atom stereocenters. The summed E-state index contributed by atoms with van der Waals surface area (Å²) < 4.78 is 5.97. The second kappa shape index (κ2) is 6.89. The zero-order valence-corrected chi connectivity index (χ0v) is 13.2. The van der Waals surface area contributed by atoms with Gasteiger partial charge in [-0.3, -0.25) is 4.79 Å². The first-order chi connectivity index (χ1) is 9.24. The minimum Gasteiger partial charge on any atom is -0.367 e. The third kappa shape index (κ3) is 3.34. The summed E-state index contributed by atoms with van der Waals surface area (Å²) in [4.78, 5) is 14.5.